The second-order valence-electron chi connectivity index (χ2n) is 6.01. The molecule has 2 N–H and O–H groups in total. The first-order valence-electron chi connectivity index (χ1n) is 8.92. The fourth-order valence-electron chi connectivity index (χ4n) is 2.81. The number of aliphatic imine (C=N–C) groups is 1. The molecule has 7 heteroatoms. The van der Waals surface area contributed by atoms with E-state index in [0.29, 0.717) is 38.0 Å². The first kappa shape index (κ1) is 18.3. The Kier molecular flexibility index (Phi) is 6.49. The van der Waals surface area contributed by atoms with E-state index in [1.165, 1.54) is 0 Å². The summed E-state index contributed by atoms with van der Waals surface area (Å²) in [6, 6.07) is 9.06. The molecule has 1 fully saturated rings. The molecule has 2 heterocycles. The van der Waals surface area contributed by atoms with Crippen molar-refractivity contribution in [3.63, 3.8) is 0 Å². The molecule has 1 aromatic heterocycles. The summed E-state index contributed by atoms with van der Waals surface area (Å²) >= 11 is 0. The van der Waals surface area contributed by atoms with Crippen LogP contribution >= 0.6 is 0 Å². The summed E-state index contributed by atoms with van der Waals surface area (Å²) in [7, 11) is 0. The Balaban J connectivity index is 1.62. The number of hydrogen-bond acceptors (Lipinski definition) is 4. The molecule has 0 atom stereocenters. The highest BCUT2D eigenvalue weighted by molar-refractivity contribution is 5.79. The Bertz CT molecular complexity index is 712. The highest BCUT2D eigenvalue weighted by Crippen LogP contribution is 2.22. The van der Waals surface area contributed by atoms with Gasteiger partial charge >= 0.3 is 0 Å². The molecule has 0 radical (unpaired) electrons. The third-order valence-electron chi connectivity index (χ3n) is 4.14. The normalized spacial score (nSPS) is 15.2. The molecule has 0 unspecified atom stereocenters. The van der Waals surface area contributed by atoms with Crippen LogP contribution in [0.1, 0.15) is 18.2 Å². The third kappa shape index (κ3) is 4.98. The summed E-state index contributed by atoms with van der Waals surface area (Å²) < 4.78 is 25.1. The van der Waals surface area contributed by atoms with Gasteiger partial charge in [-0.05, 0) is 36.8 Å². The smallest absolute Gasteiger partial charge is 0.191 e. The summed E-state index contributed by atoms with van der Waals surface area (Å²) in [5.74, 6) is 1.28. The summed E-state index contributed by atoms with van der Waals surface area (Å²) in [5, 5.41) is 6.37. The van der Waals surface area contributed by atoms with E-state index < -0.39 is 0 Å². The molecule has 0 saturated carbocycles. The molecule has 0 amide bonds. The molecule has 2 aromatic rings. The van der Waals surface area contributed by atoms with Gasteiger partial charge < -0.3 is 24.7 Å². The molecular formula is C19H25FN4O2. The van der Waals surface area contributed by atoms with E-state index in [1.54, 1.807) is 12.3 Å². The second-order valence-corrected chi connectivity index (χ2v) is 6.01. The number of morpholine rings is 1. The molecular weight excluding hydrogens is 335 g/mol. The van der Waals surface area contributed by atoms with E-state index in [9.17, 15) is 4.39 Å². The molecule has 0 bridgehead atoms. The first-order valence-corrected chi connectivity index (χ1v) is 8.92. The minimum Gasteiger partial charge on any atom is -0.467 e. The fourth-order valence-corrected chi connectivity index (χ4v) is 2.81. The van der Waals surface area contributed by atoms with Crippen molar-refractivity contribution in [1.82, 2.24) is 10.6 Å². The van der Waals surface area contributed by atoms with Gasteiger partial charge in [-0.1, -0.05) is 6.07 Å². The molecule has 1 aromatic carbocycles. The number of furan rings is 1. The van der Waals surface area contributed by atoms with Crippen molar-refractivity contribution in [1.29, 1.82) is 0 Å². The van der Waals surface area contributed by atoms with Crippen molar-refractivity contribution < 1.29 is 13.5 Å². The van der Waals surface area contributed by atoms with E-state index >= 15 is 0 Å². The fraction of sp³-hybridized carbons (Fsp3) is 0.421. The Morgan fingerprint density at radius 3 is 2.77 bits per heavy atom. The van der Waals surface area contributed by atoms with Crippen LogP contribution in [0.25, 0.3) is 0 Å². The number of nitrogens with zero attached hydrogens (tertiary/aromatic N) is 2. The monoisotopic (exact) mass is 360 g/mol. The number of benzene rings is 1. The summed E-state index contributed by atoms with van der Waals surface area (Å²) in [5.41, 5.74) is 1.46. The molecule has 1 aliphatic rings. The van der Waals surface area contributed by atoms with Crippen LogP contribution in [0.15, 0.2) is 46.0 Å². The van der Waals surface area contributed by atoms with Gasteiger partial charge in [0.1, 0.15) is 11.6 Å². The number of nitrogens with one attached hydrogen (secondary N) is 2. The van der Waals surface area contributed by atoms with E-state index in [-0.39, 0.29) is 5.82 Å². The highest BCUT2D eigenvalue weighted by Gasteiger charge is 2.15. The van der Waals surface area contributed by atoms with Crippen molar-refractivity contribution in [2.45, 2.75) is 20.0 Å². The average Bonchev–Trinajstić information content (AvgIpc) is 3.18. The van der Waals surface area contributed by atoms with Crippen LogP contribution in [0, 0.1) is 5.82 Å². The van der Waals surface area contributed by atoms with E-state index in [2.05, 4.69) is 15.6 Å². The van der Waals surface area contributed by atoms with Crippen LogP contribution < -0.4 is 15.5 Å². The van der Waals surface area contributed by atoms with Crippen molar-refractivity contribution in [3.8, 4) is 0 Å². The predicted octanol–water partition coefficient (Wildman–Crippen LogP) is 2.51. The number of anilines is 1. The third-order valence-corrected chi connectivity index (χ3v) is 4.14. The van der Waals surface area contributed by atoms with Gasteiger partial charge in [0.2, 0.25) is 0 Å². The summed E-state index contributed by atoms with van der Waals surface area (Å²) in [6.45, 7) is 6.40. The van der Waals surface area contributed by atoms with Crippen LogP contribution in [0.5, 0.6) is 0 Å². The van der Waals surface area contributed by atoms with Crippen LogP contribution in [0.3, 0.4) is 0 Å². The van der Waals surface area contributed by atoms with E-state index in [0.717, 1.165) is 31.0 Å². The Labute approximate surface area is 153 Å². The first-order chi connectivity index (χ1) is 12.8. The lowest BCUT2D eigenvalue weighted by Crippen LogP contribution is -2.37. The molecule has 0 aliphatic carbocycles. The zero-order chi connectivity index (χ0) is 18.2. The maximum atomic E-state index is 14.5. The van der Waals surface area contributed by atoms with Gasteiger partial charge in [0.05, 0.1) is 38.3 Å². The van der Waals surface area contributed by atoms with Crippen LogP contribution in [-0.2, 0) is 17.8 Å². The molecule has 26 heavy (non-hydrogen) atoms. The minimum atomic E-state index is -0.215. The topological polar surface area (TPSA) is 62.0 Å². The minimum absolute atomic E-state index is 0.215. The standard InChI is InChI=1S/C19H25FN4O2/c1-2-21-19(23-14-16-4-3-9-26-16)22-13-15-5-6-18(17(20)12-15)24-7-10-25-11-8-24/h3-6,9,12H,2,7-8,10-11,13-14H2,1H3,(H2,21,22,23). The molecule has 3 rings (SSSR count). The number of hydrogen-bond donors (Lipinski definition) is 2. The number of guanidine groups is 1. The lowest BCUT2D eigenvalue weighted by molar-refractivity contribution is 0.122. The SMILES string of the molecule is CCNC(=NCc1ccc(N2CCOCC2)c(F)c1)NCc1ccco1. The summed E-state index contributed by atoms with van der Waals surface area (Å²) in [6.07, 6.45) is 1.64. The van der Waals surface area contributed by atoms with Gasteiger partial charge in [0, 0.05) is 19.6 Å². The van der Waals surface area contributed by atoms with Crippen molar-refractivity contribution in [2.24, 2.45) is 4.99 Å². The van der Waals surface area contributed by atoms with Gasteiger partial charge in [-0.25, -0.2) is 9.38 Å². The molecule has 1 saturated heterocycles. The van der Waals surface area contributed by atoms with Crippen LogP contribution in [-0.4, -0.2) is 38.8 Å². The highest BCUT2D eigenvalue weighted by atomic mass is 19.1. The van der Waals surface area contributed by atoms with Gasteiger partial charge in [-0.3, -0.25) is 0 Å². The van der Waals surface area contributed by atoms with E-state index in [4.69, 9.17) is 9.15 Å². The Morgan fingerprint density at radius 1 is 1.23 bits per heavy atom. The van der Waals surface area contributed by atoms with E-state index in [1.807, 2.05) is 36.1 Å². The Morgan fingerprint density at radius 2 is 2.08 bits per heavy atom. The van der Waals surface area contributed by atoms with Gasteiger partial charge in [0.15, 0.2) is 5.96 Å². The number of ether oxygens (including phenoxy) is 1. The lowest BCUT2D eigenvalue weighted by atomic mass is 10.1. The zero-order valence-electron chi connectivity index (χ0n) is 15.0. The molecule has 1 aliphatic heterocycles. The Hall–Kier alpha value is -2.54. The second kappa shape index (κ2) is 9.24. The maximum absolute atomic E-state index is 14.5. The van der Waals surface area contributed by atoms with Crippen LogP contribution in [0.4, 0.5) is 10.1 Å². The number of halogens is 1. The number of rotatable bonds is 6. The maximum Gasteiger partial charge on any atom is 0.191 e. The molecule has 0 spiro atoms. The van der Waals surface area contributed by atoms with Gasteiger partial charge in [-0.2, -0.15) is 0 Å². The van der Waals surface area contributed by atoms with Crippen molar-refractivity contribution >= 4 is 11.6 Å². The van der Waals surface area contributed by atoms with Gasteiger partial charge in [-0.15, -0.1) is 0 Å². The average molecular weight is 360 g/mol. The quantitative estimate of drug-likeness (QED) is 0.612. The largest absolute Gasteiger partial charge is 0.467 e. The van der Waals surface area contributed by atoms with Gasteiger partial charge in [0.25, 0.3) is 0 Å². The summed E-state index contributed by atoms with van der Waals surface area (Å²) in [4.78, 5) is 6.53. The predicted molar refractivity (Wildman–Crippen MR) is 99.8 cm³/mol. The molecule has 140 valence electrons. The molecule has 6 nitrogen and oxygen atoms in total. The zero-order valence-corrected chi connectivity index (χ0v) is 15.0. The van der Waals surface area contributed by atoms with Crippen molar-refractivity contribution in [3.05, 3.63) is 53.7 Å². The lowest BCUT2D eigenvalue weighted by Gasteiger charge is -2.29. The van der Waals surface area contributed by atoms with Crippen LogP contribution in [0.2, 0.25) is 0 Å². The van der Waals surface area contributed by atoms with Crippen molar-refractivity contribution in [2.75, 3.05) is 37.7 Å².